The van der Waals surface area contributed by atoms with Gasteiger partial charge >= 0.3 is 70.0 Å². The van der Waals surface area contributed by atoms with Gasteiger partial charge < -0.3 is 0 Å². The van der Waals surface area contributed by atoms with Gasteiger partial charge in [0.2, 0.25) is 0 Å². The van der Waals surface area contributed by atoms with E-state index in [1.165, 1.54) is 7.11 Å². The molecule has 0 aromatic rings. The van der Waals surface area contributed by atoms with Crippen LogP contribution in [0.25, 0.3) is 0 Å². The van der Waals surface area contributed by atoms with Gasteiger partial charge in [0.25, 0.3) is 0 Å². The monoisotopic (exact) mass is 173 g/mol. The van der Waals surface area contributed by atoms with Gasteiger partial charge in [0.1, 0.15) is 0 Å². The zero-order valence-electron chi connectivity index (χ0n) is 6.06. The van der Waals surface area contributed by atoms with Crippen LogP contribution in [0.15, 0.2) is 4.99 Å². The number of aliphatic imine (C=N–C) groups is 1. The van der Waals surface area contributed by atoms with Crippen molar-refractivity contribution >= 4 is 31.9 Å². The summed E-state index contributed by atoms with van der Waals surface area (Å²) in [6.07, 6.45) is 1.01. The molecule has 0 radical (unpaired) electrons. The third-order valence-corrected chi connectivity index (χ3v) is 1.32. The normalized spacial score (nSPS) is 12.5. The predicted molar refractivity (Wildman–Crippen MR) is 44.6 cm³/mol. The summed E-state index contributed by atoms with van der Waals surface area (Å²) in [6, 6.07) is -0.673. The minimum atomic E-state index is -0.673. The van der Waals surface area contributed by atoms with Crippen LogP contribution in [0.3, 0.4) is 0 Å². The van der Waals surface area contributed by atoms with Crippen LogP contribution in [0.4, 0.5) is 0 Å². The van der Waals surface area contributed by atoms with Crippen molar-refractivity contribution in [1.82, 2.24) is 0 Å². The van der Waals surface area contributed by atoms with Crippen LogP contribution in [-0.4, -0.2) is 38.1 Å². The molecule has 0 aromatic heterocycles. The van der Waals surface area contributed by atoms with E-state index >= 15 is 0 Å². The van der Waals surface area contributed by atoms with E-state index in [2.05, 4.69) is 22.4 Å². The SMILES string of the molecule is COC(=O)C(CS)/N=C\B=O. The molecule has 0 aliphatic rings. The zero-order valence-corrected chi connectivity index (χ0v) is 6.95. The van der Waals surface area contributed by atoms with Gasteiger partial charge in [-0.3, -0.25) is 0 Å². The molecule has 4 nitrogen and oxygen atoms in total. The predicted octanol–water partition coefficient (Wildman–Crippen LogP) is -0.464. The van der Waals surface area contributed by atoms with Gasteiger partial charge in [-0.2, -0.15) is 0 Å². The van der Waals surface area contributed by atoms with E-state index in [0.29, 0.717) is 7.15 Å². The fraction of sp³-hybridized carbons (Fsp3) is 0.600. The molecule has 11 heavy (non-hydrogen) atoms. The molecule has 0 aromatic carbocycles. The van der Waals surface area contributed by atoms with Gasteiger partial charge in [-0.1, -0.05) is 0 Å². The van der Waals surface area contributed by atoms with Gasteiger partial charge in [-0.15, -0.1) is 0 Å². The molecule has 0 spiro atoms. The van der Waals surface area contributed by atoms with Crippen LogP contribution in [0.2, 0.25) is 0 Å². The second kappa shape index (κ2) is 6.09. The summed E-state index contributed by atoms with van der Waals surface area (Å²) in [4.78, 5) is 14.3. The maximum atomic E-state index is 10.7. The Morgan fingerprint density at radius 2 is 2.55 bits per heavy atom. The molecule has 1 unspecified atom stereocenters. The molecule has 0 rings (SSSR count). The van der Waals surface area contributed by atoms with Gasteiger partial charge in [0, 0.05) is 0 Å². The first-order valence-corrected chi connectivity index (χ1v) is 3.55. The Hall–Kier alpha value is -0.645. The van der Waals surface area contributed by atoms with Gasteiger partial charge in [-0.25, -0.2) is 0 Å². The molecule has 0 N–H and O–H groups in total. The molecule has 60 valence electrons. The van der Waals surface area contributed by atoms with E-state index in [4.69, 9.17) is 0 Å². The summed E-state index contributed by atoms with van der Waals surface area (Å²) in [5.74, 6) is -0.255. The minimum absolute atomic E-state index is 0.233. The molecule has 0 saturated heterocycles. The Kier molecular flexibility index (Phi) is 5.73. The molecule has 0 amide bonds. The maximum absolute atomic E-state index is 10.7. The van der Waals surface area contributed by atoms with Gasteiger partial charge in [-0.05, 0) is 0 Å². The van der Waals surface area contributed by atoms with Crippen LogP contribution in [0, 0.1) is 0 Å². The number of esters is 1. The third kappa shape index (κ3) is 3.92. The molecule has 1 atom stereocenters. The van der Waals surface area contributed by atoms with E-state index in [1.807, 2.05) is 0 Å². The molecular formula is C5H8BNO3S. The number of thiol groups is 1. The Morgan fingerprint density at radius 1 is 1.91 bits per heavy atom. The number of rotatable bonds is 4. The molecule has 6 heteroatoms. The molecular weight excluding hydrogens is 165 g/mol. The van der Waals surface area contributed by atoms with Crippen molar-refractivity contribution in [3.8, 4) is 0 Å². The van der Waals surface area contributed by atoms with Gasteiger partial charge in [0.15, 0.2) is 0 Å². The molecule has 0 aliphatic heterocycles. The first kappa shape index (κ1) is 10.4. The van der Waals surface area contributed by atoms with E-state index in [1.54, 1.807) is 0 Å². The summed E-state index contributed by atoms with van der Waals surface area (Å²) >= 11 is 3.85. The number of hydrogen-bond donors (Lipinski definition) is 1. The zero-order chi connectivity index (χ0) is 8.69. The van der Waals surface area contributed by atoms with Crippen LogP contribution < -0.4 is 0 Å². The number of methoxy groups -OCH3 is 1. The topological polar surface area (TPSA) is 55.7 Å². The Balaban J connectivity index is 4.04. The van der Waals surface area contributed by atoms with Crippen LogP contribution in [0.5, 0.6) is 0 Å². The summed E-state index contributed by atoms with van der Waals surface area (Å²) in [5.41, 5.74) is 0. The quantitative estimate of drug-likeness (QED) is 0.270. The molecule has 0 fully saturated rings. The number of hydrogen-bond acceptors (Lipinski definition) is 5. The van der Waals surface area contributed by atoms with Crippen LogP contribution in [0.1, 0.15) is 0 Å². The van der Waals surface area contributed by atoms with Crippen molar-refractivity contribution in [3.05, 3.63) is 0 Å². The van der Waals surface area contributed by atoms with E-state index in [0.717, 1.165) is 6.11 Å². The average molecular weight is 173 g/mol. The molecule has 0 bridgehead atoms. The fourth-order valence-corrected chi connectivity index (χ4v) is 0.701. The molecule has 0 saturated carbocycles. The van der Waals surface area contributed by atoms with Crippen LogP contribution in [-0.2, 0) is 14.2 Å². The second-order valence-corrected chi connectivity index (χ2v) is 2.02. The standard InChI is InChI=1S/C5H8BNO3S/c1-10-5(8)4(2-11)7-3-6-9/h3-4,11H,2H2,1H3/b7-3-. The number of carbonyl (C=O) groups is 1. The van der Waals surface area contributed by atoms with Crippen LogP contribution >= 0.6 is 12.6 Å². The molecule has 0 aliphatic carbocycles. The Labute approximate surface area is 70.7 Å². The summed E-state index contributed by atoms with van der Waals surface area (Å²) in [5, 5.41) is 0. The third-order valence-electron chi connectivity index (χ3n) is 0.973. The first-order valence-electron chi connectivity index (χ1n) is 2.92. The Bertz CT molecular complexity index is 173. The van der Waals surface area contributed by atoms with Gasteiger partial charge in [0.05, 0.1) is 0 Å². The fourth-order valence-electron chi connectivity index (χ4n) is 0.458. The molecule has 0 heterocycles. The number of ether oxygens (including phenoxy) is 1. The van der Waals surface area contributed by atoms with Crippen molar-refractivity contribution in [2.45, 2.75) is 6.04 Å². The van der Waals surface area contributed by atoms with Crippen molar-refractivity contribution in [3.63, 3.8) is 0 Å². The summed E-state index contributed by atoms with van der Waals surface area (Å²) in [6.45, 7) is 0. The van der Waals surface area contributed by atoms with Crippen molar-refractivity contribution in [2.75, 3.05) is 12.9 Å². The summed E-state index contributed by atoms with van der Waals surface area (Å²) in [7, 11) is 1.76. The first-order chi connectivity index (χ1) is 5.26. The second-order valence-electron chi connectivity index (χ2n) is 1.66. The van der Waals surface area contributed by atoms with E-state index < -0.39 is 12.0 Å². The average Bonchev–Trinajstić information content (AvgIpc) is 2.05. The van der Waals surface area contributed by atoms with Crippen molar-refractivity contribution < 1.29 is 14.2 Å². The van der Waals surface area contributed by atoms with E-state index in [-0.39, 0.29) is 5.75 Å². The van der Waals surface area contributed by atoms with E-state index in [9.17, 15) is 9.50 Å². The Morgan fingerprint density at radius 3 is 2.91 bits per heavy atom. The van der Waals surface area contributed by atoms with Crippen molar-refractivity contribution in [2.24, 2.45) is 4.99 Å². The number of carbonyl (C=O) groups excluding carboxylic acids is 1. The van der Waals surface area contributed by atoms with Crippen molar-refractivity contribution in [1.29, 1.82) is 0 Å². The summed E-state index contributed by atoms with van der Waals surface area (Å²) < 4.78 is 14.2. The number of nitrogens with zero attached hydrogens (tertiary/aromatic N) is 1.